The molecule has 1 atom stereocenters. The van der Waals surface area contributed by atoms with E-state index in [1.807, 2.05) is 50.2 Å². The summed E-state index contributed by atoms with van der Waals surface area (Å²) in [6, 6.07) is 19.4. The van der Waals surface area contributed by atoms with Gasteiger partial charge in [0.1, 0.15) is 17.4 Å². The summed E-state index contributed by atoms with van der Waals surface area (Å²) < 4.78 is 40.2. The number of aromatic amines is 1. The number of aryl methyl sites for hydroxylation is 3. The third-order valence-electron chi connectivity index (χ3n) is 6.65. The molecule has 3 aromatic carbocycles. The normalized spacial score (nSPS) is 12.6. The fourth-order valence-electron chi connectivity index (χ4n) is 4.55. The van der Waals surface area contributed by atoms with Gasteiger partial charge in [-0.05, 0) is 67.1 Å². The Labute approximate surface area is 225 Å². The molecule has 0 bridgehead atoms. The van der Waals surface area contributed by atoms with Crippen molar-refractivity contribution in [2.75, 3.05) is 0 Å². The SMILES string of the molecule is CCc1cc2c(C)cc(=O)oc2cc1OC(=O)C(Cc1cc2ccccc2[nH]1)NS(=O)(=O)c1ccc(C)cc1. The summed E-state index contributed by atoms with van der Waals surface area (Å²) in [6.07, 6.45) is 0.570. The van der Waals surface area contributed by atoms with Crippen LogP contribution in [0.3, 0.4) is 0 Å². The summed E-state index contributed by atoms with van der Waals surface area (Å²) in [5.41, 5.74) is 3.69. The Hall–Kier alpha value is -4.21. The van der Waals surface area contributed by atoms with Gasteiger partial charge in [-0.1, -0.05) is 42.8 Å². The van der Waals surface area contributed by atoms with Gasteiger partial charge in [0.05, 0.1) is 4.90 Å². The largest absolute Gasteiger partial charge is 0.425 e. The van der Waals surface area contributed by atoms with Gasteiger partial charge in [0.25, 0.3) is 0 Å². The maximum atomic E-state index is 13.6. The summed E-state index contributed by atoms with van der Waals surface area (Å²) >= 11 is 0. The molecule has 9 heteroatoms. The number of hydrogen-bond donors (Lipinski definition) is 2. The topological polar surface area (TPSA) is 118 Å². The van der Waals surface area contributed by atoms with Crippen molar-refractivity contribution in [1.82, 2.24) is 9.71 Å². The molecule has 8 nitrogen and oxygen atoms in total. The predicted molar refractivity (Wildman–Crippen MR) is 150 cm³/mol. The number of H-pyrrole nitrogens is 1. The monoisotopic (exact) mass is 544 g/mol. The van der Waals surface area contributed by atoms with Gasteiger partial charge >= 0.3 is 11.6 Å². The number of fused-ring (bicyclic) bond motifs is 2. The van der Waals surface area contributed by atoms with Gasteiger partial charge in [0.15, 0.2) is 0 Å². The number of ether oxygens (including phenoxy) is 1. The molecule has 0 aliphatic rings. The first-order valence-electron chi connectivity index (χ1n) is 12.6. The number of aromatic nitrogens is 1. The molecule has 5 aromatic rings. The molecule has 2 heterocycles. The highest BCUT2D eigenvalue weighted by atomic mass is 32.2. The van der Waals surface area contributed by atoms with Crippen LogP contribution in [0, 0.1) is 13.8 Å². The lowest BCUT2D eigenvalue weighted by Crippen LogP contribution is -2.44. The highest BCUT2D eigenvalue weighted by Gasteiger charge is 2.29. The van der Waals surface area contributed by atoms with Gasteiger partial charge in [-0.3, -0.25) is 0 Å². The molecule has 2 aromatic heterocycles. The number of carbonyl (C=O) groups excluding carboxylic acids is 1. The molecule has 1 unspecified atom stereocenters. The number of esters is 1. The van der Waals surface area contributed by atoms with E-state index in [1.54, 1.807) is 19.1 Å². The first-order chi connectivity index (χ1) is 18.6. The van der Waals surface area contributed by atoms with Crippen molar-refractivity contribution in [3.63, 3.8) is 0 Å². The van der Waals surface area contributed by atoms with Crippen molar-refractivity contribution in [3.8, 4) is 5.75 Å². The molecule has 0 saturated heterocycles. The molecule has 0 spiro atoms. The molecule has 0 amide bonds. The molecule has 0 aliphatic carbocycles. The quantitative estimate of drug-likeness (QED) is 0.162. The van der Waals surface area contributed by atoms with Crippen molar-refractivity contribution in [3.05, 3.63) is 106 Å². The third kappa shape index (κ3) is 5.64. The molecule has 5 rings (SSSR count). The molecule has 200 valence electrons. The van der Waals surface area contributed by atoms with Gasteiger partial charge in [0.2, 0.25) is 10.0 Å². The Morgan fingerprint density at radius 2 is 1.77 bits per heavy atom. The van der Waals surface area contributed by atoms with E-state index in [0.29, 0.717) is 12.1 Å². The lowest BCUT2D eigenvalue weighted by molar-refractivity contribution is -0.136. The Bertz CT molecular complexity index is 1820. The number of sulfonamides is 1. The average molecular weight is 545 g/mol. The maximum absolute atomic E-state index is 13.6. The molecule has 0 saturated carbocycles. The van der Waals surface area contributed by atoms with Gasteiger partial charge in [-0.25, -0.2) is 18.0 Å². The minimum atomic E-state index is -4.05. The lowest BCUT2D eigenvalue weighted by Gasteiger charge is -2.19. The van der Waals surface area contributed by atoms with E-state index < -0.39 is 27.7 Å². The Balaban J connectivity index is 1.51. The minimum absolute atomic E-state index is 0.0296. The van der Waals surface area contributed by atoms with Crippen LogP contribution >= 0.6 is 0 Å². The average Bonchev–Trinajstić information content (AvgIpc) is 3.30. The van der Waals surface area contributed by atoms with E-state index in [4.69, 9.17) is 9.15 Å². The number of carbonyl (C=O) groups is 1. The Morgan fingerprint density at radius 3 is 2.49 bits per heavy atom. The second-order valence-corrected chi connectivity index (χ2v) is 11.3. The van der Waals surface area contributed by atoms with Crippen molar-refractivity contribution in [2.24, 2.45) is 0 Å². The van der Waals surface area contributed by atoms with Crippen molar-refractivity contribution in [1.29, 1.82) is 0 Å². The van der Waals surface area contributed by atoms with Crippen LogP contribution in [0.2, 0.25) is 0 Å². The second-order valence-electron chi connectivity index (χ2n) is 9.55. The zero-order chi connectivity index (χ0) is 27.7. The first-order valence-corrected chi connectivity index (χ1v) is 14.1. The van der Waals surface area contributed by atoms with Crippen LogP contribution in [0.5, 0.6) is 5.75 Å². The van der Waals surface area contributed by atoms with E-state index in [-0.39, 0.29) is 22.6 Å². The molecule has 39 heavy (non-hydrogen) atoms. The van der Waals surface area contributed by atoms with Crippen molar-refractivity contribution in [2.45, 2.75) is 44.6 Å². The van der Waals surface area contributed by atoms with Crippen molar-refractivity contribution >= 4 is 37.9 Å². The second kappa shape index (κ2) is 10.5. The fraction of sp³-hybridized carbons (Fsp3) is 0.200. The third-order valence-corrected chi connectivity index (χ3v) is 8.13. The van der Waals surface area contributed by atoms with Crippen LogP contribution in [-0.4, -0.2) is 25.4 Å². The van der Waals surface area contributed by atoms with E-state index in [2.05, 4.69) is 9.71 Å². The first kappa shape index (κ1) is 26.4. The summed E-state index contributed by atoms with van der Waals surface area (Å²) in [4.78, 5) is 28.8. The van der Waals surface area contributed by atoms with E-state index in [0.717, 1.165) is 33.0 Å². The van der Waals surface area contributed by atoms with Crippen molar-refractivity contribution < 1.29 is 22.4 Å². The summed E-state index contributed by atoms with van der Waals surface area (Å²) in [5, 5.41) is 1.68. The Kier molecular flexibility index (Phi) is 7.12. The van der Waals surface area contributed by atoms with Crippen LogP contribution in [0.1, 0.15) is 29.3 Å². The van der Waals surface area contributed by atoms with Gasteiger partial charge in [-0.2, -0.15) is 4.72 Å². The standard InChI is InChI=1S/C30H28N2O6S/c1-4-20-15-24-19(3)13-29(33)37-28(24)17-27(20)38-30(34)26(16-22-14-21-7-5-6-8-25(21)31-22)32-39(35,36)23-11-9-18(2)10-12-23/h5-15,17,26,31-32H,4,16H2,1-3H3. The van der Waals surface area contributed by atoms with Gasteiger partial charge < -0.3 is 14.1 Å². The van der Waals surface area contributed by atoms with Gasteiger partial charge in [0, 0.05) is 35.2 Å². The van der Waals surface area contributed by atoms with Crippen LogP contribution in [0.15, 0.2) is 86.9 Å². The molecular weight excluding hydrogens is 516 g/mol. The van der Waals surface area contributed by atoms with Crippen LogP contribution < -0.4 is 15.1 Å². The van der Waals surface area contributed by atoms with Crippen LogP contribution in [0.25, 0.3) is 21.9 Å². The van der Waals surface area contributed by atoms with Gasteiger partial charge in [-0.15, -0.1) is 0 Å². The number of rotatable bonds is 8. The van der Waals surface area contributed by atoms with Crippen LogP contribution in [0.4, 0.5) is 0 Å². The zero-order valence-electron chi connectivity index (χ0n) is 21.8. The molecule has 0 aliphatic heterocycles. The van der Waals surface area contributed by atoms with E-state index in [9.17, 15) is 18.0 Å². The Morgan fingerprint density at radius 1 is 1.03 bits per heavy atom. The lowest BCUT2D eigenvalue weighted by atomic mass is 10.1. The molecule has 0 radical (unpaired) electrons. The summed E-state index contributed by atoms with van der Waals surface area (Å²) in [5.74, 6) is -0.576. The number of nitrogens with one attached hydrogen (secondary N) is 2. The fourth-order valence-corrected chi connectivity index (χ4v) is 5.74. The summed E-state index contributed by atoms with van der Waals surface area (Å²) in [7, 11) is -4.05. The highest BCUT2D eigenvalue weighted by molar-refractivity contribution is 7.89. The number of benzene rings is 3. The molecular formula is C30H28N2O6S. The maximum Gasteiger partial charge on any atom is 0.336 e. The zero-order valence-corrected chi connectivity index (χ0v) is 22.6. The number of hydrogen-bond acceptors (Lipinski definition) is 6. The molecule has 2 N–H and O–H groups in total. The molecule has 0 fully saturated rings. The smallest absolute Gasteiger partial charge is 0.336 e. The highest BCUT2D eigenvalue weighted by Crippen LogP contribution is 2.28. The minimum Gasteiger partial charge on any atom is -0.425 e. The number of para-hydroxylation sites is 1. The summed E-state index contributed by atoms with van der Waals surface area (Å²) in [6.45, 7) is 5.58. The predicted octanol–water partition coefficient (Wildman–Crippen LogP) is 4.95. The van der Waals surface area contributed by atoms with Crippen LogP contribution in [-0.2, 0) is 27.7 Å². The van der Waals surface area contributed by atoms with E-state index in [1.165, 1.54) is 24.3 Å². The van der Waals surface area contributed by atoms with E-state index >= 15 is 0 Å².